The molecule has 6 heteroatoms. The molecule has 0 aliphatic carbocycles. The number of nitrogens with zero attached hydrogens (tertiary/aromatic N) is 1. The molecule has 0 bridgehead atoms. The molecular formula is C25H31NO5. The molecule has 31 heavy (non-hydrogen) atoms. The number of rotatable bonds is 6. The van der Waals surface area contributed by atoms with E-state index < -0.39 is 23.7 Å². The molecule has 3 rings (SSSR count). The van der Waals surface area contributed by atoms with Crippen LogP contribution in [0.5, 0.6) is 5.75 Å². The highest BCUT2D eigenvalue weighted by atomic mass is 16.6. The van der Waals surface area contributed by atoms with E-state index in [1.807, 2.05) is 75.4 Å². The van der Waals surface area contributed by atoms with Crippen molar-refractivity contribution in [3.63, 3.8) is 0 Å². The predicted molar refractivity (Wildman–Crippen MR) is 118 cm³/mol. The molecule has 1 amide bonds. The van der Waals surface area contributed by atoms with Gasteiger partial charge in [0.15, 0.2) is 0 Å². The highest BCUT2D eigenvalue weighted by molar-refractivity contribution is 5.82. The number of benzene rings is 2. The first-order valence-electron chi connectivity index (χ1n) is 10.7. The Hall–Kier alpha value is -3.02. The maximum Gasteiger partial charge on any atom is 0.411 e. The summed E-state index contributed by atoms with van der Waals surface area (Å²) in [7, 11) is 0. The molecule has 0 N–H and O–H groups in total. The molecule has 0 saturated carbocycles. The summed E-state index contributed by atoms with van der Waals surface area (Å²) >= 11 is 0. The maximum absolute atomic E-state index is 13.0. The number of ether oxygens (including phenoxy) is 3. The average Bonchev–Trinajstić information content (AvgIpc) is 3.18. The Kier molecular flexibility index (Phi) is 7.21. The second-order valence-corrected chi connectivity index (χ2v) is 8.59. The first-order valence-corrected chi connectivity index (χ1v) is 10.7. The van der Waals surface area contributed by atoms with Crippen LogP contribution in [-0.4, -0.2) is 35.2 Å². The zero-order chi connectivity index (χ0) is 22.4. The third-order valence-corrected chi connectivity index (χ3v) is 5.06. The molecule has 0 radical (unpaired) electrons. The monoisotopic (exact) mass is 425 g/mol. The van der Waals surface area contributed by atoms with Gasteiger partial charge in [-0.15, -0.1) is 0 Å². The van der Waals surface area contributed by atoms with Gasteiger partial charge in [0.2, 0.25) is 0 Å². The molecule has 0 spiro atoms. The fourth-order valence-corrected chi connectivity index (χ4v) is 3.70. The molecule has 1 fully saturated rings. The molecule has 166 valence electrons. The molecule has 0 unspecified atom stereocenters. The summed E-state index contributed by atoms with van der Waals surface area (Å²) in [6.07, 6.45) is 0.694. The lowest BCUT2D eigenvalue weighted by atomic mass is 10.0. The molecule has 1 heterocycles. The van der Waals surface area contributed by atoms with Crippen molar-refractivity contribution in [2.45, 2.75) is 64.8 Å². The predicted octanol–water partition coefficient (Wildman–Crippen LogP) is 5.27. The quantitative estimate of drug-likeness (QED) is 0.590. The van der Waals surface area contributed by atoms with Crippen LogP contribution < -0.4 is 4.74 Å². The summed E-state index contributed by atoms with van der Waals surface area (Å²) in [6, 6.07) is 16.7. The maximum atomic E-state index is 13.0. The van der Waals surface area contributed by atoms with Gasteiger partial charge in [-0.25, -0.2) is 9.59 Å². The van der Waals surface area contributed by atoms with Crippen molar-refractivity contribution in [3.8, 4) is 5.75 Å². The van der Waals surface area contributed by atoms with E-state index in [9.17, 15) is 9.59 Å². The molecule has 1 saturated heterocycles. The highest BCUT2D eigenvalue weighted by Gasteiger charge is 2.44. The van der Waals surface area contributed by atoms with Gasteiger partial charge in [-0.2, -0.15) is 0 Å². The number of likely N-dealkylation sites (tertiary alicyclic amines) is 1. The third kappa shape index (κ3) is 6.00. The summed E-state index contributed by atoms with van der Waals surface area (Å²) in [6.45, 7) is 7.96. The summed E-state index contributed by atoms with van der Waals surface area (Å²) < 4.78 is 16.7. The third-order valence-electron chi connectivity index (χ3n) is 5.06. The van der Waals surface area contributed by atoms with E-state index in [-0.39, 0.29) is 12.6 Å². The zero-order valence-corrected chi connectivity index (χ0v) is 18.7. The van der Waals surface area contributed by atoms with Crippen LogP contribution in [-0.2, 0) is 20.9 Å². The van der Waals surface area contributed by atoms with Crippen LogP contribution in [0.1, 0.15) is 57.7 Å². The van der Waals surface area contributed by atoms with Crippen LogP contribution in [0.25, 0.3) is 0 Å². The molecule has 2 aromatic carbocycles. The zero-order valence-electron chi connectivity index (χ0n) is 18.7. The summed E-state index contributed by atoms with van der Waals surface area (Å²) in [4.78, 5) is 27.0. The first-order chi connectivity index (χ1) is 14.8. The number of hydrogen-bond donors (Lipinski definition) is 0. The minimum absolute atomic E-state index is 0.257. The van der Waals surface area contributed by atoms with Gasteiger partial charge in [-0.3, -0.25) is 4.90 Å². The first kappa shape index (κ1) is 22.7. The van der Waals surface area contributed by atoms with E-state index in [0.29, 0.717) is 19.4 Å². The number of esters is 1. The lowest BCUT2D eigenvalue weighted by Crippen LogP contribution is -2.45. The largest absolute Gasteiger partial charge is 0.489 e. The molecule has 0 aromatic heterocycles. The van der Waals surface area contributed by atoms with Crippen molar-refractivity contribution in [3.05, 3.63) is 65.7 Å². The molecule has 1 aliphatic rings. The normalized spacial score (nSPS) is 18.5. The van der Waals surface area contributed by atoms with E-state index in [1.165, 1.54) is 4.90 Å². The standard InChI is InChI=1S/C25H31NO5/c1-5-29-23(27)22-16-15-21(26(22)24(28)31-25(2,3)4)19-11-13-20(14-12-19)30-17-18-9-7-6-8-10-18/h6-14,21-22H,5,15-17H2,1-4H3/t21-,22+/m0/s1. The molecular weight excluding hydrogens is 394 g/mol. The van der Waals surface area contributed by atoms with Crippen molar-refractivity contribution in [2.24, 2.45) is 0 Å². The van der Waals surface area contributed by atoms with E-state index in [2.05, 4.69) is 0 Å². The lowest BCUT2D eigenvalue weighted by molar-refractivity contribution is -0.148. The van der Waals surface area contributed by atoms with E-state index in [4.69, 9.17) is 14.2 Å². The van der Waals surface area contributed by atoms with Crippen LogP contribution >= 0.6 is 0 Å². The molecule has 2 atom stereocenters. The fourth-order valence-electron chi connectivity index (χ4n) is 3.70. The van der Waals surface area contributed by atoms with E-state index in [0.717, 1.165) is 16.9 Å². The van der Waals surface area contributed by atoms with E-state index >= 15 is 0 Å². The summed E-state index contributed by atoms with van der Waals surface area (Å²) in [5.41, 5.74) is 1.37. The Labute approximate surface area is 184 Å². The van der Waals surface area contributed by atoms with Gasteiger partial charge in [0.25, 0.3) is 0 Å². The van der Waals surface area contributed by atoms with Crippen LogP contribution in [0.4, 0.5) is 4.79 Å². The number of carbonyl (C=O) groups excluding carboxylic acids is 2. The van der Waals surface area contributed by atoms with Crippen LogP contribution in [0.15, 0.2) is 54.6 Å². The average molecular weight is 426 g/mol. The van der Waals surface area contributed by atoms with Gasteiger partial charge in [0, 0.05) is 0 Å². The molecule has 6 nitrogen and oxygen atoms in total. The van der Waals surface area contributed by atoms with Gasteiger partial charge in [-0.1, -0.05) is 42.5 Å². The van der Waals surface area contributed by atoms with Gasteiger partial charge in [0.1, 0.15) is 24.0 Å². The van der Waals surface area contributed by atoms with Crippen molar-refractivity contribution in [1.29, 1.82) is 0 Å². The second kappa shape index (κ2) is 9.86. The van der Waals surface area contributed by atoms with Gasteiger partial charge < -0.3 is 14.2 Å². The van der Waals surface area contributed by atoms with E-state index in [1.54, 1.807) is 6.92 Å². The number of amides is 1. The highest BCUT2D eigenvalue weighted by Crippen LogP contribution is 2.38. The van der Waals surface area contributed by atoms with Crippen molar-refractivity contribution in [2.75, 3.05) is 6.61 Å². The van der Waals surface area contributed by atoms with Crippen molar-refractivity contribution >= 4 is 12.1 Å². The van der Waals surface area contributed by atoms with Gasteiger partial charge in [-0.05, 0) is 63.8 Å². The Balaban J connectivity index is 1.75. The van der Waals surface area contributed by atoms with Crippen molar-refractivity contribution < 1.29 is 23.8 Å². The second-order valence-electron chi connectivity index (χ2n) is 8.59. The Morgan fingerprint density at radius 1 is 1.00 bits per heavy atom. The Morgan fingerprint density at radius 2 is 1.68 bits per heavy atom. The number of carbonyl (C=O) groups is 2. The van der Waals surface area contributed by atoms with Crippen LogP contribution in [0, 0.1) is 0 Å². The molecule has 1 aliphatic heterocycles. The lowest BCUT2D eigenvalue weighted by Gasteiger charge is -2.32. The van der Waals surface area contributed by atoms with Gasteiger partial charge >= 0.3 is 12.1 Å². The minimum atomic E-state index is -0.654. The topological polar surface area (TPSA) is 65.1 Å². The number of hydrogen-bond acceptors (Lipinski definition) is 5. The fraction of sp³-hybridized carbons (Fsp3) is 0.440. The van der Waals surface area contributed by atoms with Gasteiger partial charge in [0.05, 0.1) is 12.6 Å². The Bertz CT molecular complexity index is 873. The molecule has 2 aromatic rings. The summed E-state index contributed by atoms with van der Waals surface area (Å²) in [5, 5.41) is 0. The Morgan fingerprint density at radius 3 is 2.29 bits per heavy atom. The van der Waals surface area contributed by atoms with Crippen LogP contribution in [0.2, 0.25) is 0 Å². The van der Waals surface area contributed by atoms with Crippen molar-refractivity contribution in [1.82, 2.24) is 4.90 Å². The smallest absolute Gasteiger partial charge is 0.411 e. The van der Waals surface area contributed by atoms with Crippen LogP contribution in [0.3, 0.4) is 0 Å². The SMILES string of the molecule is CCOC(=O)[C@H]1CC[C@@H](c2ccc(OCc3ccccc3)cc2)N1C(=O)OC(C)(C)C. The minimum Gasteiger partial charge on any atom is -0.489 e. The summed E-state index contributed by atoms with van der Waals surface area (Å²) in [5.74, 6) is 0.357.